The molecule has 1 aromatic carbocycles. The molecule has 0 saturated carbocycles. The summed E-state index contributed by atoms with van der Waals surface area (Å²) in [5.74, 6) is 0.639. The summed E-state index contributed by atoms with van der Waals surface area (Å²) in [7, 11) is 0. The molecule has 94 valence electrons. The first kappa shape index (κ1) is 11.9. The molecule has 1 aromatic heterocycles. The second-order valence-electron chi connectivity index (χ2n) is 4.89. The van der Waals surface area contributed by atoms with Crippen molar-refractivity contribution in [3.63, 3.8) is 0 Å². The fraction of sp³-hybridized carbons (Fsp3) is 0.375. The van der Waals surface area contributed by atoms with Gasteiger partial charge in [0.15, 0.2) is 0 Å². The summed E-state index contributed by atoms with van der Waals surface area (Å²) < 4.78 is 0. The van der Waals surface area contributed by atoms with Gasteiger partial charge in [-0.05, 0) is 42.0 Å². The Labute approximate surface area is 113 Å². The van der Waals surface area contributed by atoms with Gasteiger partial charge in [0.05, 0.1) is 0 Å². The van der Waals surface area contributed by atoms with E-state index in [2.05, 4.69) is 54.0 Å². The second kappa shape index (κ2) is 5.25. The zero-order chi connectivity index (χ0) is 12.4. The molecule has 2 aromatic rings. The highest BCUT2D eigenvalue weighted by Gasteiger charge is 2.30. The number of thiophene rings is 1. The highest BCUT2D eigenvalue weighted by molar-refractivity contribution is 7.10. The molecule has 0 fully saturated rings. The lowest BCUT2D eigenvalue weighted by Gasteiger charge is -2.24. The van der Waals surface area contributed by atoms with Crippen LogP contribution in [0.1, 0.15) is 41.3 Å². The summed E-state index contributed by atoms with van der Waals surface area (Å²) in [6.45, 7) is 3.22. The molecule has 0 amide bonds. The van der Waals surface area contributed by atoms with Gasteiger partial charge in [-0.3, -0.25) is 0 Å². The third-order valence-electron chi connectivity index (χ3n) is 3.86. The lowest BCUT2D eigenvalue weighted by molar-refractivity contribution is 0.459. The van der Waals surface area contributed by atoms with E-state index in [1.54, 1.807) is 11.1 Å². The number of aryl methyl sites for hydroxylation is 1. The van der Waals surface area contributed by atoms with E-state index in [1.165, 1.54) is 17.7 Å². The van der Waals surface area contributed by atoms with Gasteiger partial charge in [0, 0.05) is 16.8 Å². The van der Waals surface area contributed by atoms with E-state index in [-0.39, 0.29) is 0 Å². The Morgan fingerprint density at radius 1 is 1.28 bits per heavy atom. The minimum atomic E-state index is 0.485. The lowest BCUT2D eigenvalue weighted by Crippen LogP contribution is -2.25. The Balaban J connectivity index is 1.93. The number of hydrogen-bond acceptors (Lipinski definition) is 2. The molecule has 1 N–H and O–H groups in total. The van der Waals surface area contributed by atoms with E-state index in [0.717, 1.165) is 6.54 Å². The number of hydrogen-bond donors (Lipinski definition) is 1. The molecule has 1 nitrogen and oxygen atoms in total. The molecule has 2 unspecified atom stereocenters. The first-order valence-corrected chi connectivity index (χ1v) is 7.62. The number of fused-ring (bicyclic) bond motifs is 1. The van der Waals surface area contributed by atoms with Gasteiger partial charge in [0.2, 0.25) is 0 Å². The number of rotatable bonds is 4. The van der Waals surface area contributed by atoms with Crippen LogP contribution >= 0.6 is 11.3 Å². The van der Waals surface area contributed by atoms with Gasteiger partial charge < -0.3 is 5.32 Å². The summed E-state index contributed by atoms with van der Waals surface area (Å²) in [6, 6.07) is 13.8. The van der Waals surface area contributed by atoms with Crippen molar-refractivity contribution in [2.75, 3.05) is 6.54 Å². The van der Waals surface area contributed by atoms with Crippen LogP contribution in [0, 0.1) is 0 Å². The number of nitrogens with one attached hydrogen (secondary N) is 1. The fourth-order valence-electron chi connectivity index (χ4n) is 3.07. The predicted molar refractivity (Wildman–Crippen MR) is 78.2 cm³/mol. The van der Waals surface area contributed by atoms with Crippen LogP contribution in [0.4, 0.5) is 0 Å². The van der Waals surface area contributed by atoms with Crippen LogP contribution < -0.4 is 5.32 Å². The van der Waals surface area contributed by atoms with E-state index in [4.69, 9.17) is 0 Å². The van der Waals surface area contributed by atoms with E-state index in [9.17, 15) is 0 Å². The Morgan fingerprint density at radius 3 is 2.94 bits per heavy atom. The van der Waals surface area contributed by atoms with Crippen molar-refractivity contribution in [3.8, 4) is 0 Å². The first-order valence-electron chi connectivity index (χ1n) is 6.74. The van der Waals surface area contributed by atoms with Crippen LogP contribution in [-0.4, -0.2) is 6.54 Å². The molecule has 2 atom stereocenters. The van der Waals surface area contributed by atoms with Crippen LogP contribution in [0.2, 0.25) is 0 Å². The average molecular weight is 257 g/mol. The Kier molecular flexibility index (Phi) is 3.48. The van der Waals surface area contributed by atoms with Gasteiger partial charge in [-0.15, -0.1) is 11.3 Å². The standard InChI is InChI=1S/C16H19NS/c1-2-17-16(15-8-5-11-18-15)14-10-9-12-6-3-4-7-13(12)14/h3-8,11,14,16-17H,2,9-10H2,1H3. The molecule has 1 heterocycles. The largest absolute Gasteiger partial charge is 0.309 e. The van der Waals surface area contributed by atoms with Gasteiger partial charge in [-0.2, -0.15) is 0 Å². The zero-order valence-corrected chi connectivity index (χ0v) is 11.5. The Bertz CT molecular complexity index is 502. The maximum Gasteiger partial charge on any atom is 0.0484 e. The number of likely N-dealkylation sites (N-methyl/N-ethyl adjacent to an activating group) is 1. The molecule has 0 aliphatic heterocycles. The van der Waals surface area contributed by atoms with Crippen LogP contribution in [0.25, 0.3) is 0 Å². The van der Waals surface area contributed by atoms with Gasteiger partial charge >= 0.3 is 0 Å². The molecule has 3 rings (SSSR count). The van der Waals surface area contributed by atoms with E-state index in [0.29, 0.717) is 12.0 Å². The minimum Gasteiger partial charge on any atom is -0.309 e. The van der Waals surface area contributed by atoms with Gasteiger partial charge in [-0.25, -0.2) is 0 Å². The molecule has 1 aliphatic carbocycles. The first-order chi connectivity index (χ1) is 8.90. The summed E-state index contributed by atoms with van der Waals surface area (Å²) in [6.07, 6.45) is 2.50. The molecule has 18 heavy (non-hydrogen) atoms. The second-order valence-corrected chi connectivity index (χ2v) is 5.87. The maximum absolute atomic E-state index is 3.68. The topological polar surface area (TPSA) is 12.0 Å². The molecule has 0 radical (unpaired) electrons. The minimum absolute atomic E-state index is 0.485. The van der Waals surface area contributed by atoms with Crippen molar-refractivity contribution in [2.24, 2.45) is 0 Å². The molecule has 0 saturated heterocycles. The third kappa shape index (κ3) is 2.11. The van der Waals surface area contributed by atoms with Crippen molar-refractivity contribution in [1.82, 2.24) is 5.32 Å². The smallest absolute Gasteiger partial charge is 0.0484 e. The van der Waals surface area contributed by atoms with Crippen LogP contribution in [0.15, 0.2) is 41.8 Å². The summed E-state index contributed by atoms with van der Waals surface area (Å²) in [5.41, 5.74) is 3.10. The summed E-state index contributed by atoms with van der Waals surface area (Å²) >= 11 is 1.87. The van der Waals surface area contributed by atoms with Crippen molar-refractivity contribution in [3.05, 3.63) is 57.8 Å². The Hall–Kier alpha value is -1.12. The van der Waals surface area contributed by atoms with Gasteiger partial charge in [-0.1, -0.05) is 37.3 Å². The highest BCUT2D eigenvalue weighted by atomic mass is 32.1. The quantitative estimate of drug-likeness (QED) is 0.868. The van der Waals surface area contributed by atoms with Crippen molar-refractivity contribution in [2.45, 2.75) is 31.7 Å². The van der Waals surface area contributed by atoms with E-state index in [1.807, 2.05) is 11.3 Å². The predicted octanol–water partition coefficient (Wildman–Crippen LogP) is 4.13. The van der Waals surface area contributed by atoms with Crippen LogP contribution in [0.3, 0.4) is 0 Å². The monoisotopic (exact) mass is 257 g/mol. The molecular formula is C16H19NS. The highest BCUT2D eigenvalue weighted by Crippen LogP contribution is 2.42. The third-order valence-corrected chi connectivity index (χ3v) is 4.81. The number of benzene rings is 1. The van der Waals surface area contributed by atoms with E-state index >= 15 is 0 Å². The Morgan fingerprint density at radius 2 is 2.17 bits per heavy atom. The summed E-state index contributed by atoms with van der Waals surface area (Å²) in [4.78, 5) is 1.47. The SMILES string of the molecule is CCNC(c1cccs1)C1CCc2ccccc21. The molecule has 1 aliphatic rings. The van der Waals surface area contributed by atoms with E-state index < -0.39 is 0 Å². The average Bonchev–Trinajstić information content (AvgIpc) is 3.06. The molecular weight excluding hydrogens is 238 g/mol. The maximum atomic E-state index is 3.68. The zero-order valence-electron chi connectivity index (χ0n) is 10.7. The summed E-state index contributed by atoms with van der Waals surface area (Å²) in [5, 5.41) is 5.86. The van der Waals surface area contributed by atoms with Crippen molar-refractivity contribution >= 4 is 11.3 Å². The van der Waals surface area contributed by atoms with Crippen LogP contribution in [0.5, 0.6) is 0 Å². The fourth-order valence-corrected chi connectivity index (χ4v) is 3.93. The lowest BCUT2D eigenvalue weighted by atomic mass is 9.92. The van der Waals surface area contributed by atoms with Crippen molar-refractivity contribution in [1.29, 1.82) is 0 Å². The van der Waals surface area contributed by atoms with Gasteiger partial charge in [0.25, 0.3) is 0 Å². The molecule has 2 heteroatoms. The van der Waals surface area contributed by atoms with Crippen molar-refractivity contribution < 1.29 is 0 Å². The van der Waals surface area contributed by atoms with Crippen LogP contribution in [-0.2, 0) is 6.42 Å². The molecule has 0 spiro atoms. The normalized spacial score (nSPS) is 19.7. The van der Waals surface area contributed by atoms with Gasteiger partial charge in [0.1, 0.15) is 0 Å². The molecule has 0 bridgehead atoms.